The fourth-order valence-corrected chi connectivity index (χ4v) is 22.3. The van der Waals surface area contributed by atoms with Crippen LogP contribution in [0.25, 0.3) is 0 Å². The van der Waals surface area contributed by atoms with Crippen molar-refractivity contribution in [2.75, 3.05) is 65.1 Å². The summed E-state index contributed by atoms with van der Waals surface area (Å²) in [6.07, 6.45) is 3.85. The summed E-state index contributed by atoms with van der Waals surface area (Å²) < 4.78 is 155. The summed E-state index contributed by atoms with van der Waals surface area (Å²) in [4.78, 5) is 104. The van der Waals surface area contributed by atoms with Crippen LogP contribution in [0, 0.1) is 11.8 Å². The lowest BCUT2D eigenvalue weighted by molar-refractivity contribution is -0.274. The van der Waals surface area contributed by atoms with Gasteiger partial charge in [0.25, 0.3) is 0 Å². The topological polar surface area (TPSA) is 397 Å². The number of ether oxygens (including phenoxy) is 1. The third-order valence-electron chi connectivity index (χ3n) is 24.4. The number of halogens is 4. The minimum absolute atomic E-state index is 0.0276. The van der Waals surface area contributed by atoms with Gasteiger partial charge in [-0.25, -0.2) is 38.4 Å². The van der Waals surface area contributed by atoms with Gasteiger partial charge >= 0.3 is 6.36 Å². The van der Waals surface area contributed by atoms with E-state index in [1.807, 2.05) is 91.0 Å². The average molecular weight is 1960 g/mol. The number of anilines is 5. The number of nitrogens with zero attached hydrogens (tertiary/aromatic N) is 2. The lowest BCUT2D eigenvalue weighted by Crippen LogP contribution is -2.55. The second-order valence-electron chi connectivity index (χ2n) is 34.2. The zero-order valence-electron chi connectivity index (χ0n) is 74.8. The number of nitrogens with one attached hydrogen (secondary N) is 9. The fourth-order valence-electron chi connectivity index (χ4n) is 16.8. The van der Waals surface area contributed by atoms with Crippen LogP contribution in [0.3, 0.4) is 0 Å². The van der Waals surface area contributed by atoms with E-state index in [0.717, 1.165) is 90.0 Å². The number of benzene rings is 10. The highest BCUT2D eigenvalue weighted by molar-refractivity contribution is 7.91. The number of hydrogen-bond acceptors (Lipinski definition) is 18. The van der Waals surface area contributed by atoms with Crippen LogP contribution < -0.4 is 50.8 Å². The normalized spacial score (nSPS) is 16.9. The maximum atomic E-state index is 13.4. The maximum Gasteiger partial charge on any atom is 0.573 e. The van der Waals surface area contributed by atoms with Gasteiger partial charge < -0.3 is 46.4 Å². The molecule has 0 bridgehead atoms. The first-order valence-corrected chi connectivity index (χ1v) is 51.4. The number of sulfone groups is 1. The number of piperazine rings is 1. The highest BCUT2D eigenvalue weighted by Gasteiger charge is 2.37. The molecule has 716 valence electrons. The van der Waals surface area contributed by atoms with Crippen molar-refractivity contribution in [2.24, 2.45) is 11.8 Å². The van der Waals surface area contributed by atoms with Crippen LogP contribution in [0.5, 0.6) is 5.75 Å². The summed E-state index contributed by atoms with van der Waals surface area (Å²) in [5.74, 6) is -3.02. The largest absolute Gasteiger partial charge is 0.573 e. The van der Waals surface area contributed by atoms with Crippen molar-refractivity contribution < 1.29 is 89.9 Å². The highest BCUT2D eigenvalue weighted by atomic mass is 35.5. The van der Waals surface area contributed by atoms with Crippen molar-refractivity contribution in [3.63, 3.8) is 0 Å². The summed E-state index contributed by atoms with van der Waals surface area (Å²) in [6.45, 7) is 8.18. The van der Waals surface area contributed by atoms with E-state index in [9.17, 15) is 85.2 Å². The lowest BCUT2D eigenvalue weighted by Gasteiger charge is -2.36. The second kappa shape index (κ2) is 46.0. The van der Waals surface area contributed by atoms with Crippen molar-refractivity contribution in [3.05, 3.63) is 298 Å². The summed E-state index contributed by atoms with van der Waals surface area (Å²) in [7, 11) is -15.8. The number of carbonyl (C=O) groups is 8. The molecule has 5 heterocycles. The van der Waals surface area contributed by atoms with E-state index in [1.54, 1.807) is 95.9 Å². The molecule has 2 fully saturated rings. The first-order valence-electron chi connectivity index (χ1n) is 44.9. The Morgan fingerprint density at radius 2 is 0.853 bits per heavy atom. The SMILES string of the molecule is CC1CCCCC1CC(=O)C(Cc1ccccc1)NS(=O)(=O)c1ccc2c(c1)CCC(=O)N2.CCN1CCN(C(=O)C(Cc2ccccc2)NS(=O)(=O)c2ccc3c(c2)CCC(=O)N3)CC1.O=C1CCc2cc(S(=O)(=O)CC(C(=O)Nc3ccc(OC(F)(F)F)cc3)c3ccccc3)ccc2N1.O=C1CCc2cc(S(=O)(=O)NC(Cc3ccccc3)C(=O)NCc3ccc(Cl)cc3)ccc2N1. The minimum Gasteiger partial charge on any atom is -0.406 e. The molecule has 6 unspecified atom stereocenters. The standard InChI is InChI=1S/C26H32N2O4S.C25H24ClN3O4S.C25H21F3N2O5S.C24H30N4O4S/c1-18-7-5-6-10-20(18)17-25(29)24(15-19-8-3-2-4-9-19)28-33(31,32)22-12-13-23-21(16-22)11-14-26(30)27-23;26-20-9-6-18(7-10-20)16-27-25(31)23(14-17-4-2-1-3-5-17)29-34(32,33)21-11-12-22-19(15-21)8-13-24(30)28-22;26-25(27,28)35-19-9-7-18(8-10-19)29-24(32)21(16-4-2-1-3-5-16)15-36(33,34)20-11-12-22-17(14-20)6-13-23(31)30-22;1-2-27-12-14-28(15-13-27)24(30)22(16-18-6-4-3-5-7-18)26-33(31,32)20-9-10-21-19(17-20)8-11-23(29)25-21/h2-4,8-9,12-13,16,18,20,24,28H,5-7,10-11,14-15,17H2,1H3,(H,27,30);1-7,9-12,15,23,29H,8,13-14,16H2,(H,27,31)(H,28,30);1-5,7-12,14,21H,6,13,15H2,(H,29,32)(H,30,31);3-7,9-10,17,22,26H,2,8,11-16H2,1H3,(H,25,29). The Morgan fingerprint density at radius 1 is 0.456 bits per heavy atom. The minimum atomic E-state index is -4.85. The Kier molecular flexibility index (Phi) is 34.2. The van der Waals surface area contributed by atoms with E-state index >= 15 is 0 Å². The molecule has 1 aliphatic carbocycles. The number of hydrogen-bond donors (Lipinski definition) is 9. The second-order valence-corrected chi connectivity index (χ2v) is 41.8. The first-order chi connectivity index (χ1) is 65.0. The number of aryl methyl sites for hydroxylation is 4. The van der Waals surface area contributed by atoms with Crippen LogP contribution in [0.2, 0.25) is 5.02 Å². The van der Waals surface area contributed by atoms with E-state index in [0.29, 0.717) is 122 Å². The summed E-state index contributed by atoms with van der Waals surface area (Å²) in [5.41, 5.74) is 9.56. The molecule has 5 aliphatic heterocycles. The van der Waals surface area contributed by atoms with E-state index in [2.05, 4.69) is 69.6 Å². The predicted octanol–water partition coefficient (Wildman–Crippen LogP) is 14.0. The molecule has 10 aromatic rings. The molecule has 136 heavy (non-hydrogen) atoms. The van der Waals surface area contributed by atoms with E-state index in [4.69, 9.17) is 11.6 Å². The Balaban J connectivity index is 0.000000153. The van der Waals surface area contributed by atoms with Gasteiger partial charge in [-0.3, -0.25) is 38.4 Å². The maximum absolute atomic E-state index is 13.4. The van der Waals surface area contributed by atoms with Gasteiger partial charge in [-0.05, 0) is 229 Å². The monoisotopic (exact) mass is 1950 g/mol. The van der Waals surface area contributed by atoms with Crippen LogP contribution in [0.1, 0.15) is 128 Å². The molecule has 28 nitrogen and oxygen atoms in total. The van der Waals surface area contributed by atoms with Crippen molar-refractivity contribution >= 4 is 127 Å². The smallest absolute Gasteiger partial charge is 0.406 e. The van der Waals surface area contributed by atoms with Crippen LogP contribution >= 0.6 is 11.6 Å². The first kappa shape index (κ1) is 101. The molecule has 0 radical (unpaired) electrons. The number of alkyl halides is 3. The Hall–Kier alpha value is -12.3. The number of ketones is 1. The molecule has 1 saturated heterocycles. The molecule has 36 heteroatoms. The van der Waals surface area contributed by atoms with Crippen LogP contribution in [0.4, 0.5) is 41.6 Å². The van der Waals surface area contributed by atoms with Crippen LogP contribution in [-0.2, 0) is 130 Å². The number of sulfonamides is 3. The zero-order valence-corrected chi connectivity index (χ0v) is 78.8. The van der Waals surface area contributed by atoms with Gasteiger partial charge in [0.05, 0.1) is 37.3 Å². The Morgan fingerprint density at radius 3 is 1.29 bits per heavy atom. The van der Waals surface area contributed by atoms with E-state index < -0.39 is 93.6 Å². The van der Waals surface area contributed by atoms with E-state index in [-0.39, 0.29) is 86.4 Å². The quantitative estimate of drug-likeness (QED) is 0.0202. The van der Waals surface area contributed by atoms with Crippen molar-refractivity contribution in [1.29, 1.82) is 0 Å². The number of carbonyl (C=O) groups excluding carboxylic acids is 8. The third-order valence-corrected chi connectivity index (χ3v) is 30.9. The number of fused-ring (bicyclic) bond motifs is 4. The molecule has 1 saturated carbocycles. The van der Waals surface area contributed by atoms with E-state index in [1.165, 1.54) is 55.0 Å². The van der Waals surface area contributed by atoms with Gasteiger partial charge in [-0.2, -0.15) is 9.44 Å². The van der Waals surface area contributed by atoms with Gasteiger partial charge in [0.2, 0.25) is 71.4 Å². The number of rotatable bonds is 30. The molecular formula is C100H107ClF3N11O17S4. The van der Waals surface area contributed by atoms with Gasteiger partial charge in [0.1, 0.15) is 17.8 Å². The molecule has 16 rings (SSSR count). The van der Waals surface area contributed by atoms with Crippen molar-refractivity contribution in [2.45, 2.75) is 173 Å². The molecule has 6 aliphatic rings. The third kappa shape index (κ3) is 28.7. The van der Waals surface area contributed by atoms with Gasteiger partial charge in [0.15, 0.2) is 15.6 Å². The summed E-state index contributed by atoms with van der Waals surface area (Å²) in [6, 6.07) is 63.7. The molecule has 9 N–H and O–H groups in total. The molecule has 10 aromatic carbocycles. The summed E-state index contributed by atoms with van der Waals surface area (Å²) >= 11 is 5.91. The molecule has 7 amide bonds. The number of Topliss-reactive ketones (excluding diaryl/α,β-unsaturated/α-hetero) is 1. The van der Waals surface area contributed by atoms with Gasteiger partial charge in [-0.1, -0.05) is 178 Å². The fraction of sp³-hybridized carbons (Fsp3) is 0.320. The van der Waals surface area contributed by atoms with Crippen LogP contribution in [0.15, 0.2) is 262 Å². The predicted molar refractivity (Wildman–Crippen MR) is 512 cm³/mol. The molecule has 0 aromatic heterocycles. The lowest BCUT2D eigenvalue weighted by atomic mass is 9.77. The zero-order chi connectivity index (χ0) is 96.9. The van der Waals surface area contributed by atoms with Gasteiger partial charge in [-0.15, -0.1) is 13.2 Å². The average Bonchev–Trinajstić information content (AvgIpc) is 0.810. The Labute approximate surface area is 794 Å². The molecule has 0 spiro atoms. The molecular weight excluding hydrogens is 1850 g/mol. The number of amides is 7. The van der Waals surface area contributed by atoms with Crippen molar-refractivity contribution in [3.8, 4) is 5.75 Å². The highest BCUT2D eigenvalue weighted by Crippen LogP contribution is 2.36. The number of likely N-dealkylation sites (N-methyl/N-ethyl adjacent to an activating group) is 1. The van der Waals surface area contributed by atoms with Crippen LogP contribution in [-0.4, -0.2) is 154 Å². The molecule has 6 atom stereocenters. The Bertz CT molecular complexity index is 6460. The summed E-state index contributed by atoms with van der Waals surface area (Å²) in [5, 5.41) is 16.9. The van der Waals surface area contributed by atoms with Gasteiger partial charge in [0, 0.05) is 98.3 Å². The van der Waals surface area contributed by atoms with Crippen molar-refractivity contribution in [1.82, 2.24) is 29.3 Å².